The Labute approximate surface area is 123 Å². The summed E-state index contributed by atoms with van der Waals surface area (Å²) in [6.45, 7) is 2.68. The second-order valence-corrected chi connectivity index (χ2v) is 5.05. The van der Waals surface area contributed by atoms with Gasteiger partial charge in [0.1, 0.15) is 0 Å². The zero-order valence-electron chi connectivity index (χ0n) is 11.9. The molecule has 4 heteroatoms. The average Bonchev–Trinajstić information content (AvgIpc) is 2.93. The number of nitrogens with zero attached hydrogens (tertiary/aromatic N) is 1. The average molecular weight is 279 g/mol. The van der Waals surface area contributed by atoms with Crippen molar-refractivity contribution in [3.8, 4) is 0 Å². The number of amides is 1. The number of rotatable bonds is 4. The smallest absolute Gasteiger partial charge is 0.272 e. The third-order valence-electron chi connectivity index (χ3n) is 3.63. The molecule has 0 aliphatic rings. The summed E-state index contributed by atoms with van der Waals surface area (Å²) in [7, 11) is 0. The fourth-order valence-electron chi connectivity index (χ4n) is 2.42. The van der Waals surface area contributed by atoms with Gasteiger partial charge in [0.25, 0.3) is 5.91 Å². The molecule has 3 rings (SSSR count). The predicted molar refractivity (Wildman–Crippen MR) is 83.3 cm³/mol. The Balaban J connectivity index is 1.66. The van der Waals surface area contributed by atoms with E-state index in [2.05, 4.69) is 34.6 Å². The Hall–Kier alpha value is -2.62. The Morgan fingerprint density at radius 1 is 1.14 bits per heavy atom. The molecule has 0 radical (unpaired) electrons. The molecule has 1 heterocycles. The van der Waals surface area contributed by atoms with Crippen LogP contribution >= 0.6 is 0 Å². The number of hydrogen-bond donors (Lipinski definition) is 2. The molecule has 4 nitrogen and oxygen atoms in total. The molecule has 1 aromatic heterocycles. The molecule has 0 saturated carbocycles. The highest BCUT2D eigenvalue weighted by Gasteiger charge is 2.12. The maximum absolute atomic E-state index is 12.2. The molecule has 0 fully saturated rings. The van der Waals surface area contributed by atoms with Gasteiger partial charge in [-0.1, -0.05) is 42.5 Å². The van der Waals surface area contributed by atoms with Crippen molar-refractivity contribution in [3.05, 3.63) is 65.4 Å². The first kappa shape index (κ1) is 13.4. The van der Waals surface area contributed by atoms with Gasteiger partial charge in [-0.2, -0.15) is 5.10 Å². The molecular weight excluding hydrogens is 262 g/mol. The summed E-state index contributed by atoms with van der Waals surface area (Å²) in [5.74, 6) is -0.138. The Bertz CT molecular complexity index is 776. The van der Waals surface area contributed by atoms with Crippen LogP contribution in [0.2, 0.25) is 0 Å². The van der Waals surface area contributed by atoms with Gasteiger partial charge in [0, 0.05) is 11.9 Å². The maximum Gasteiger partial charge on any atom is 0.272 e. The molecular formula is C17H17N3O. The molecule has 0 spiro atoms. The molecule has 0 aliphatic heterocycles. The van der Waals surface area contributed by atoms with E-state index in [0.717, 1.165) is 17.3 Å². The number of para-hydroxylation sites is 1. The number of aryl methyl sites for hydroxylation is 1. The van der Waals surface area contributed by atoms with Gasteiger partial charge >= 0.3 is 0 Å². The van der Waals surface area contributed by atoms with E-state index in [-0.39, 0.29) is 5.91 Å². The monoisotopic (exact) mass is 279 g/mol. The lowest BCUT2D eigenvalue weighted by molar-refractivity contribution is 0.0950. The van der Waals surface area contributed by atoms with Gasteiger partial charge in [-0.15, -0.1) is 0 Å². The lowest BCUT2D eigenvalue weighted by atomic mass is 10.1. The first-order chi connectivity index (χ1) is 10.3. The van der Waals surface area contributed by atoms with Crippen LogP contribution in [-0.4, -0.2) is 22.6 Å². The summed E-state index contributed by atoms with van der Waals surface area (Å²) in [6.07, 6.45) is 0.820. The molecule has 3 aromatic rings. The molecule has 0 saturated heterocycles. The minimum atomic E-state index is -0.138. The summed E-state index contributed by atoms with van der Waals surface area (Å²) >= 11 is 0. The van der Waals surface area contributed by atoms with Crippen LogP contribution in [0.4, 0.5) is 0 Å². The van der Waals surface area contributed by atoms with E-state index in [9.17, 15) is 4.79 Å². The highest BCUT2D eigenvalue weighted by Crippen LogP contribution is 2.14. The molecule has 0 aliphatic carbocycles. The topological polar surface area (TPSA) is 57.8 Å². The first-order valence-corrected chi connectivity index (χ1v) is 7.01. The van der Waals surface area contributed by atoms with E-state index < -0.39 is 0 Å². The van der Waals surface area contributed by atoms with Crippen LogP contribution in [0.3, 0.4) is 0 Å². The van der Waals surface area contributed by atoms with Gasteiger partial charge in [0.05, 0.1) is 5.52 Å². The van der Waals surface area contributed by atoms with Crippen molar-refractivity contribution >= 4 is 16.8 Å². The van der Waals surface area contributed by atoms with Gasteiger partial charge in [-0.3, -0.25) is 9.89 Å². The zero-order valence-corrected chi connectivity index (χ0v) is 11.9. The van der Waals surface area contributed by atoms with Crippen LogP contribution in [0.1, 0.15) is 21.6 Å². The molecule has 0 atom stereocenters. The van der Waals surface area contributed by atoms with Crippen molar-refractivity contribution < 1.29 is 4.79 Å². The number of carbonyl (C=O) groups excluding carboxylic acids is 1. The number of benzene rings is 2. The number of carbonyl (C=O) groups is 1. The fourth-order valence-corrected chi connectivity index (χ4v) is 2.42. The van der Waals surface area contributed by atoms with Crippen molar-refractivity contribution in [2.75, 3.05) is 6.54 Å². The minimum Gasteiger partial charge on any atom is -0.350 e. The van der Waals surface area contributed by atoms with Crippen LogP contribution in [0, 0.1) is 6.92 Å². The summed E-state index contributed by atoms with van der Waals surface area (Å²) in [5.41, 5.74) is 3.83. The molecule has 0 bridgehead atoms. The van der Waals surface area contributed by atoms with Crippen LogP contribution in [0.5, 0.6) is 0 Å². The quantitative estimate of drug-likeness (QED) is 0.771. The molecule has 106 valence electrons. The Morgan fingerprint density at radius 2 is 1.90 bits per heavy atom. The number of fused-ring (bicyclic) bond motifs is 1. The number of aromatic amines is 1. The molecule has 1 amide bonds. The van der Waals surface area contributed by atoms with E-state index in [4.69, 9.17) is 0 Å². The van der Waals surface area contributed by atoms with Gasteiger partial charge < -0.3 is 5.32 Å². The minimum absolute atomic E-state index is 0.138. The van der Waals surface area contributed by atoms with E-state index in [0.29, 0.717) is 12.2 Å². The van der Waals surface area contributed by atoms with Crippen molar-refractivity contribution in [2.24, 2.45) is 0 Å². The SMILES string of the molecule is Cc1ccccc1CCNC(=O)c1n[nH]c2ccccc12. The predicted octanol–water partition coefficient (Wildman–Crippen LogP) is 2.84. The summed E-state index contributed by atoms with van der Waals surface area (Å²) < 4.78 is 0. The van der Waals surface area contributed by atoms with Gasteiger partial charge in [-0.25, -0.2) is 0 Å². The number of nitrogens with one attached hydrogen (secondary N) is 2. The van der Waals surface area contributed by atoms with Crippen molar-refractivity contribution in [1.29, 1.82) is 0 Å². The second kappa shape index (κ2) is 5.79. The Kier molecular flexibility index (Phi) is 3.69. The van der Waals surface area contributed by atoms with Crippen molar-refractivity contribution in [1.82, 2.24) is 15.5 Å². The third kappa shape index (κ3) is 2.79. The van der Waals surface area contributed by atoms with E-state index >= 15 is 0 Å². The van der Waals surface area contributed by atoms with E-state index in [1.165, 1.54) is 11.1 Å². The number of hydrogen-bond acceptors (Lipinski definition) is 2. The maximum atomic E-state index is 12.2. The number of aromatic nitrogens is 2. The Morgan fingerprint density at radius 3 is 2.76 bits per heavy atom. The van der Waals surface area contributed by atoms with Crippen LogP contribution in [0.15, 0.2) is 48.5 Å². The number of H-pyrrole nitrogens is 1. The highest BCUT2D eigenvalue weighted by atomic mass is 16.1. The lowest BCUT2D eigenvalue weighted by Crippen LogP contribution is -2.26. The molecule has 0 unspecified atom stereocenters. The summed E-state index contributed by atoms with van der Waals surface area (Å²) in [5, 5.41) is 10.8. The fraction of sp³-hybridized carbons (Fsp3) is 0.176. The van der Waals surface area contributed by atoms with E-state index in [1.54, 1.807) is 0 Å². The lowest BCUT2D eigenvalue weighted by Gasteiger charge is -2.06. The first-order valence-electron chi connectivity index (χ1n) is 7.01. The third-order valence-corrected chi connectivity index (χ3v) is 3.63. The largest absolute Gasteiger partial charge is 0.350 e. The second-order valence-electron chi connectivity index (χ2n) is 5.05. The van der Waals surface area contributed by atoms with Crippen molar-refractivity contribution in [3.63, 3.8) is 0 Å². The van der Waals surface area contributed by atoms with Crippen molar-refractivity contribution in [2.45, 2.75) is 13.3 Å². The van der Waals surface area contributed by atoms with Crippen LogP contribution < -0.4 is 5.32 Å². The highest BCUT2D eigenvalue weighted by molar-refractivity contribution is 6.04. The molecule has 2 N–H and O–H groups in total. The normalized spacial score (nSPS) is 10.7. The molecule has 21 heavy (non-hydrogen) atoms. The zero-order chi connectivity index (χ0) is 14.7. The van der Waals surface area contributed by atoms with Crippen LogP contribution in [0.25, 0.3) is 10.9 Å². The summed E-state index contributed by atoms with van der Waals surface area (Å²) in [6, 6.07) is 15.8. The van der Waals surface area contributed by atoms with Crippen LogP contribution in [-0.2, 0) is 6.42 Å². The standard InChI is InChI=1S/C17H17N3O/c1-12-6-2-3-7-13(12)10-11-18-17(21)16-14-8-4-5-9-15(14)19-20-16/h2-9H,10-11H2,1H3,(H,18,21)(H,19,20). The van der Waals surface area contributed by atoms with Gasteiger partial charge in [0.2, 0.25) is 0 Å². The van der Waals surface area contributed by atoms with E-state index in [1.807, 2.05) is 36.4 Å². The molecule has 2 aromatic carbocycles. The summed E-state index contributed by atoms with van der Waals surface area (Å²) in [4.78, 5) is 12.2. The van der Waals surface area contributed by atoms with Gasteiger partial charge in [0.15, 0.2) is 5.69 Å². The van der Waals surface area contributed by atoms with Gasteiger partial charge in [-0.05, 0) is 30.5 Å².